The lowest BCUT2D eigenvalue weighted by atomic mass is 10.1. The smallest absolute Gasteiger partial charge is 0.268 e. The predicted molar refractivity (Wildman–Crippen MR) is 53.6 cm³/mol. The fourth-order valence-electron chi connectivity index (χ4n) is 1.17. The minimum Gasteiger partial charge on any atom is -0.493 e. The summed E-state index contributed by atoms with van der Waals surface area (Å²) in [6, 6.07) is 4.27. The molecule has 5 heteroatoms. The lowest BCUT2D eigenvalue weighted by Gasteiger charge is -2.15. The maximum atomic E-state index is 12.3. The van der Waals surface area contributed by atoms with Gasteiger partial charge in [0.1, 0.15) is 11.9 Å². The van der Waals surface area contributed by atoms with Crippen molar-refractivity contribution < 1.29 is 18.6 Å². The fourth-order valence-corrected chi connectivity index (χ4v) is 1.35. The van der Waals surface area contributed by atoms with Crippen LogP contribution in [0.25, 0.3) is 0 Å². The normalized spacial score (nSPS) is 12.9. The molecule has 15 heavy (non-hydrogen) atoms. The van der Waals surface area contributed by atoms with Crippen LogP contribution in [0.3, 0.4) is 0 Å². The zero-order chi connectivity index (χ0) is 11.4. The second-order valence-electron chi connectivity index (χ2n) is 2.89. The quantitative estimate of drug-likeness (QED) is 0.871. The molecule has 84 valence electrons. The third-order valence-corrected chi connectivity index (χ3v) is 2.06. The van der Waals surface area contributed by atoms with Gasteiger partial charge in [0.25, 0.3) is 6.43 Å². The summed E-state index contributed by atoms with van der Waals surface area (Å²) in [6.45, 7) is 2.07. The molecule has 0 aliphatic rings. The van der Waals surface area contributed by atoms with E-state index in [1.807, 2.05) is 0 Å². The molecule has 0 aliphatic carbocycles. The van der Waals surface area contributed by atoms with Gasteiger partial charge in [-0.15, -0.1) is 0 Å². The number of benzene rings is 1. The van der Waals surface area contributed by atoms with E-state index in [4.69, 9.17) is 16.3 Å². The molecule has 0 amide bonds. The van der Waals surface area contributed by atoms with E-state index in [-0.39, 0.29) is 16.3 Å². The summed E-state index contributed by atoms with van der Waals surface area (Å²) in [7, 11) is 0. The lowest BCUT2D eigenvalue weighted by Crippen LogP contribution is -2.10. The van der Waals surface area contributed by atoms with Crippen LogP contribution < -0.4 is 4.74 Å². The summed E-state index contributed by atoms with van der Waals surface area (Å²) in [5, 5.41) is 9.53. The van der Waals surface area contributed by atoms with E-state index in [1.54, 1.807) is 6.92 Å². The first-order chi connectivity index (χ1) is 7.06. The first-order valence-electron chi connectivity index (χ1n) is 4.44. The molecular weight excluding hydrogens is 226 g/mol. The van der Waals surface area contributed by atoms with Gasteiger partial charge in [-0.1, -0.05) is 11.6 Å². The zero-order valence-electron chi connectivity index (χ0n) is 8.08. The van der Waals surface area contributed by atoms with Crippen LogP contribution in [0, 0.1) is 0 Å². The number of ether oxygens (including phenoxy) is 1. The van der Waals surface area contributed by atoms with Crippen LogP contribution in [0.4, 0.5) is 8.78 Å². The van der Waals surface area contributed by atoms with E-state index in [0.29, 0.717) is 6.61 Å². The molecule has 1 atom stereocenters. The van der Waals surface area contributed by atoms with Crippen molar-refractivity contribution in [3.8, 4) is 5.75 Å². The van der Waals surface area contributed by atoms with Crippen molar-refractivity contribution in [1.82, 2.24) is 0 Å². The molecule has 0 fully saturated rings. The average molecular weight is 237 g/mol. The van der Waals surface area contributed by atoms with Crippen molar-refractivity contribution in [2.24, 2.45) is 0 Å². The summed E-state index contributed by atoms with van der Waals surface area (Å²) in [5.74, 6) is 0.231. The molecule has 0 aromatic heterocycles. The van der Waals surface area contributed by atoms with E-state index >= 15 is 0 Å². The molecule has 0 saturated carbocycles. The van der Waals surface area contributed by atoms with E-state index in [2.05, 4.69) is 0 Å². The Labute approximate surface area is 91.4 Å². The minimum absolute atomic E-state index is 0.0133. The Balaban J connectivity index is 3.06. The molecule has 0 aliphatic heterocycles. The maximum Gasteiger partial charge on any atom is 0.268 e. The summed E-state index contributed by atoms with van der Waals surface area (Å²) >= 11 is 5.65. The Kier molecular flexibility index (Phi) is 4.29. The van der Waals surface area contributed by atoms with E-state index in [1.165, 1.54) is 18.2 Å². The second kappa shape index (κ2) is 5.28. The number of aliphatic hydroxyl groups excluding tert-OH is 1. The van der Waals surface area contributed by atoms with Gasteiger partial charge in [0.15, 0.2) is 0 Å². The maximum absolute atomic E-state index is 12.3. The van der Waals surface area contributed by atoms with Crippen LogP contribution in [-0.4, -0.2) is 18.1 Å². The topological polar surface area (TPSA) is 29.5 Å². The van der Waals surface area contributed by atoms with Crippen LogP contribution in [-0.2, 0) is 0 Å². The molecule has 0 spiro atoms. The third kappa shape index (κ3) is 3.04. The SMILES string of the molecule is CCOc1ccc(Cl)cc1C(O)C(F)F. The van der Waals surface area contributed by atoms with Crippen molar-refractivity contribution in [2.45, 2.75) is 19.5 Å². The van der Waals surface area contributed by atoms with Gasteiger partial charge in [-0.2, -0.15) is 0 Å². The molecule has 1 N–H and O–H groups in total. The van der Waals surface area contributed by atoms with E-state index in [9.17, 15) is 13.9 Å². The zero-order valence-corrected chi connectivity index (χ0v) is 8.84. The summed E-state index contributed by atoms with van der Waals surface area (Å²) in [4.78, 5) is 0. The first-order valence-corrected chi connectivity index (χ1v) is 4.82. The van der Waals surface area contributed by atoms with E-state index < -0.39 is 12.5 Å². The van der Waals surface area contributed by atoms with Crippen LogP contribution in [0.15, 0.2) is 18.2 Å². The van der Waals surface area contributed by atoms with Gasteiger partial charge in [0.05, 0.1) is 6.61 Å². The van der Waals surface area contributed by atoms with Gasteiger partial charge in [-0.05, 0) is 25.1 Å². The van der Waals surface area contributed by atoms with Crippen molar-refractivity contribution in [3.05, 3.63) is 28.8 Å². The van der Waals surface area contributed by atoms with Crippen LogP contribution in [0.5, 0.6) is 5.75 Å². The third-order valence-electron chi connectivity index (χ3n) is 1.83. The molecule has 0 bridgehead atoms. The lowest BCUT2D eigenvalue weighted by molar-refractivity contribution is -0.00720. The molecule has 1 unspecified atom stereocenters. The highest BCUT2D eigenvalue weighted by Crippen LogP contribution is 2.31. The van der Waals surface area contributed by atoms with Crippen LogP contribution in [0.2, 0.25) is 5.02 Å². The molecule has 0 saturated heterocycles. The Morgan fingerprint density at radius 3 is 2.67 bits per heavy atom. The first kappa shape index (κ1) is 12.2. The van der Waals surface area contributed by atoms with Crippen molar-refractivity contribution >= 4 is 11.6 Å². The highest BCUT2D eigenvalue weighted by atomic mass is 35.5. The number of hydrogen-bond donors (Lipinski definition) is 1. The van der Waals surface area contributed by atoms with Crippen molar-refractivity contribution in [2.75, 3.05) is 6.61 Å². The average Bonchev–Trinajstić information content (AvgIpc) is 2.20. The van der Waals surface area contributed by atoms with Crippen LogP contribution in [0.1, 0.15) is 18.6 Å². The Bertz CT molecular complexity index is 331. The largest absolute Gasteiger partial charge is 0.493 e. The number of rotatable bonds is 4. The highest BCUT2D eigenvalue weighted by molar-refractivity contribution is 6.30. The van der Waals surface area contributed by atoms with Crippen LogP contribution >= 0.6 is 11.6 Å². The van der Waals surface area contributed by atoms with Gasteiger partial charge in [0.2, 0.25) is 0 Å². The number of halogens is 3. The molecular formula is C10H11ClF2O2. The number of aliphatic hydroxyl groups is 1. The molecule has 1 aromatic rings. The minimum atomic E-state index is -2.86. The molecule has 0 radical (unpaired) electrons. The van der Waals surface area contributed by atoms with Gasteiger partial charge in [-0.3, -0.25) is 0 Å². The standard InChI is InChI=1S/C10H11ClF2O2/c1-2-15-8-4-3-6(11)5-7(8)9(14)10(12)13/h3-5,9-10,14H,2H2,1H3. The van der Waals surface area contributed by atoms with Gasteiger partial charge in [0, 0.05) is 10.6 Å². The Morgan fingerprint density at radius 2 is 2.13 bits per heavy atom. The predicted octanol–water partition coefficient (Wildman–Crippen LogP) is 3.04. The number of alkyl halides is 2. The highest BCUT2D eigenvalue weighted by Gasteiger charge is 2.23. The van der Waals surface area contributed by atoms with Gasteiger partial charge in [-0.25, -0.2) is 8.78 Å². The molecule has 1 rings (SSSR count). The summed E-state index contributed by atoms with van der Waals surface area (Å²) in [5.41, 5.74) is 0.0133. The Morgan fingerprint density at radius 1 is 1.47 bits per heavy atom. The van der Waals surface area contributed by atoms with E-state index in [0.717, 1.165) is 0 Å². The monoisotopic (exact) mass is 236 g/mol. The van der Waals surface area contributed by atoms with Crippen molar-refractivity contribution in [1.29, 1.82) is 0 Å². The molecule has 2 nitrogen and oxygen atoms in total. The molecule has 0 heterocycles. The fraction of sp³-hybridized carbons (Fsp3) is 0.400. The second-order valence-corrected chi connectivity index (χ2v) is 3.33. The van der Waals surface area contributed by atoms with Gasteiger partial charge >= 0.3 is 0 Å². The van der Waals surface area contributed by atoms with Gasteiger partial charge < -0.3 is 9.84 Å². The Hall–Kier alpha value is -0.870. The number of hydrogen-bond acceptors (Lipinski definition) is 2. The summed E-state index contributed by atoms with van der Waals surface area (Å²) < 4.78 is 29.7. The summed E-state index contributed by atoms with van der Waals surface area (Å²) in [6.07, 6.45) is -4.73. The van der Waals surface area contributed by atoms with Crippen molar-refractivity contribution in [3.63, 3.8) is 0 Å². The molecule has 1 aromatic carbocycles.